The third-order valence-corrected chi connectivity index (χ3v) is 3.33. The first-order valence-electron chi connectivity index (χ1n) is 7.27. The van der Waals surface area contributed by atoms with Gasteiger partial charge in [-0.2, -0.15) is 0 Å². The summed E-state index contributed by atoms with van der Waals surface area (Å²) in [5.41, 5.74) is 1.12. The van der Waals surface area contributed by atoms with Gasteiger partial charge in [-0.3, -0.25) is 0 Å². The van der Waals surface area contributed by atoms with Gasteiger partial charge in [0.25, 0.3) is 0 Å². The Bertz CT molecular complexity index is 444. The summed E-state index contributed by atoms with van der Waals surface area (Å²) in [4.78, 5) is 2.16. The Balaban J connectivity index is 1.79. The minimum absolute atomic E-state index is 0.119. The van der Waals surface area contributed by atoms with Crippen LogP contribution >= 0.6 is 0 Å². The summed E-state index contributed by atoms with van der Waals surface area (Å²) in [6.45, 7) is 7.75. The van der Waals surface area contributed by atoms with E-state index in [0.29, 0.717) is 6.61 Å². The van der Waals surface area contributed by atoms with Crippen LogP contribution in [-0.4, -0.2) is 50.8 Å². The second kappa shape index (κ2) is 6.46. The molecule has 0 amide bonds. The van der Waals surface area contributed by atoms with Gasteiger partial charge in [0.2, 0.25) is 0 Å². The highest BCUT2D eigenvalue weighted by Gasteiger charge is 2.32. The van der Waals surface area contributed by atoms with Gasteiger partial charge < -0.3 is 19.7 Å². The van der Waals surface area contributed by atoms with Crippen LogP contribution in [0.5, 0.6) is 11.5 Å². The molecular weight excluding hydrogens is 252 g/mol. The molecule has 0 bridgehead atoms. The van der Waals surface area contributed by atoms with Gasteiger partial charge in [-0.05, 0) is 34.0 Å². The molecule has 1 N–H and O–H groups in total. The zero-order valence-corrected chi connectivity index (χ0v) is 13.0. The predicted molar refractivity (Wildman–Crippen MR) is 81.8 cm³/mol. The molecule has 0 aromatic heterocycles. The molecule has 0 radical (unpaired) electrons. The number of ether oxygens (including phenoxy) is 2. The lowest BCUT2D eigenvalue weighted by Gasteiger charge is -2.18. The fourth-order valence-electron chi connectivity index (χ4n) is 2.36. The van der Waals surface area contributed by atoms with E-state index >= 15 is 0 Å². The van der Waals surface area contributed by atoms with Crippen LogP contribution in [0.25, 0.3) is 0 Å². The molecule has 1 aliphatic rings. The number of rotatable bonds is 7. The molecule has 112 valence electrons. The van der Waals surface area contributed by atoms with Gasteiger partial charge in [0, 0.05) is 31.6 Å². The van der Waals surface area contributed by atoms with Gasteiger partial charge in [0.1, 0.15) is 12.2 Å². The number of nitrogens with zero attached hydrogens (tertiary/aromatic N) is 1. The first-order valence-corrected chi connectivity index (χ1v) is 7.27. The minimum atomic E-state index is -0.119. The van der Waals surface area contributed by atoms with Crippen molar-refractivity contribution in [2.24, 2.45) is 0 Å². The zero-order valence-electron chi connectivity index (χ0n) is 13.0. The second-order valence-electron chi connectivity index (χ2n) is 6.18. The van der Waals surface area contributed by atoms with Crippen molar-refractivity contribution < 1.29 is 9.47 Å². The van der Waals surface area contributed by atoms with Crippen molar-refractivity contribution in [1.82, 2.24) is 10.2 Å². The summed E-state index contributed by atoms with van der Waals surface area (Å²) in [6.07, 6.45) is 0.945. The van der Waals surface area contributed by atoms with Gasteiger partial charge in [0.05, 0.1) is 0 Å². The van der Waals surface area contributed by atoms with Crippen LogP contribution in [0.2, 0.25) is 0 Å². The number of para-hydroxylation sites is 1. The molecule has 1 aromatic rings. The summed E-state index contributed by atoms with van der Waals surface area (Å²) in [7, 11) is 4.15. The summed E-state index contributed by atoms with van der Waals surface area (Å²) in [6, 6.07) is 6.14. The molecule has 4 heteroatoms. The number of fused-ring (bicyclic) bond motifs is 1. The highest BCUT2D eigenvalue weighted by Crippen LogP contribution is 2.41. The molecule has 0 atom stereocenters. The van der Waals surface area contributed by atoms with Gasteiger partial charge in [-0.15, -0.1) is 0 Å². The molecule has 0 aliphatic carbocycles. The van der Waals surface area contributed by atoms with E-state index in [1.165, 1.54) is 5.56 Å². The molecule has 1 aliphatic heterocycles. The minimum Gasteiger partial charge on any atom is -0.488 e. The van der Waals surface area contributed by atoms with Crippen LogP contribution in [-0.2, 0) is 6.42 Å². The SMILES string of the molecule is CN(C)CCNCCOc1cccc2c1OC(C)(C)C2. The Morgan fingerprint density at radius 1 is 1.30 bits per heavy atom. The van der Waals surface area contributed by atoms with E-state index in [1.807, 2.05) is 12.1 Å². The molecule has 2 rings (SSSR count). The molecular formula is C16H26N2O2. The van der Waals surface area contributed by atoms with E-state index in [4.69, 9.17) is 9.47 Å². The Morgan fingerprint density at radius 3 is 2.85 bits per heavy atom. The highest BCUT2D eigenvalue weighted by molar-refractivity contribution is 5.50. The molecule has 0 fully saturated rings. The maximum Gasteiger partial charge on any atom is 0.165 e. The number of benzene rings is 1. The fourth-order valence-corrected chi connectivity index (χ4v) is 2.36. The monoisotopic (exact) mass is 278 g/mol. The highest BCUT2D eigenvalue weighted by atomic mass is 16.5. The van der Waals surface area contributed by atoms with Crippen molar-refractivity contribution in [2.45, 2.75) is 25.9 Å². The van der Waals surface area contributed by atoms with Gasteiger partial charge >= 0.3 is 0 Å². The zero-order chi connectivity index (χ0) is 14.6. The summed E-state index contributed by atoms with van der Waals surface area (Å²) >= 11 is 0. The van der Waals surface area contributed by atoms with Gasteiger partial charge in [-0.1, -0.05) is 12.1 Å². The van der Waals surface area contributed by atoms with Crippen LogP contribution in [0.4, 0.5) is 0 Å². The topological polar surface area (TPSA) is 33.7 Å². The maximum atomic E-state index is 5.98. The lowest BCUT2D eigenvalue weighted by Crippen LogP contribution is -2.29. The third kappa shape index (κ3) is 4.12. The van der Waals surface area contributed by atoms with E-state index in [0.717, 1.165) is 37.6 Å². The average molecular weight is 278 g/mol. The van der Waals surface area contributed by atoms with Crippen molar-refractivity contribution in [3.63, 3.8) is 0 Å². The smallest absolute Gasteiger partial charge is 0.165 e. The van der Waals surface area contributed by atoms with Crippen LogP contribution in [0.1, 0.15) is 19.4 Å². The van der Waals surface area contributed by atoms with E-state index in [9.17, 15) is 0 Å². The molecule has 0 spiro atoms. The van der Waals surface area contributed by atoms with E-state index < -0.39 is 0 Å². The largest absolute Gasteiger partial charge is 0.488 e. The second-order valence-corrected chi connectivity index (χ2v) is 6.18. The van der Waals surface area contributed by atoms with Crippen LogP contribution in [0.15, 0.2) is 18.2 Å². The first kappa shape index (κ1) is 15.1. The van der Waals surface area contributed by atoms with Crippen molar-refractivity contribution in [3.8, 4) is 11.5 Å². The van der Waals surface area contributed by atoms with E-state index in [2.05, 4.69) is 44.2 Å². The van der Waals surface area contributed by atoms with Crippen LogP contribution in [0.3, 0.4) is 0 Å². The molecule has 0 unspecified atom stereocenters. The van der Waals surface area contributed by atoms with Crippen molar-refractivity contribution in [1.29, 1.82) is 0 Å². The first-order chi connectivity index (χ1) is 9.48. The Hall–Kier alpha value is -1.26. The maximum absolute atomic E-state index is 5.98. The van der Waals surface area contributed by atoms with Crippen LogP contribution in [0, 0.1) is 0 Å². The summed E-state index contributed by atoms with van der Waals surface area (Å²) in [5.74, 6) is 1.79. The molecule has 1 heterocycles. The molecule has 4 nitrogen and oxygen atoms in total. The average Bonchev–Trinajstić information content (AvgIpc) is 2.67. The van der Waals surface area contributed by atoms with E-state index in [-0.39, 0.29) is 5.60 Å². The van der Waals surface area contributed by atoms with Gasteiger partial charge in [-0.25, -0.2) is 0 Å². The standard InChI is InChI=1S/C16H26N2O2/c1-16(2)12-13-6-5-7-14(15(13)20-16)19-11-9-17-8-10-18(3)4/h5-7,17H,8-12H2,1-4H3. The lowest BCUT2D eigenvalue weighted by atomic mass is 10.0. The van der Waals surface area contributed by atoms with E-state index in [1.54, 1.807) is 0 Å². The molecule has 0 saturated carbocycles. The van der Waals surface area contributed by atoms with Crippen molar-refractivity contribution >= 4 is 0 Å². The Morgan fingerprint density at radius 2 is 2.10 bits per heavy atom. The fraction of sp³-hybridized carbons (Fsp3) is 0.625. The molecule has 20 heavy (non-hydrogen) atoms. The van der Waals surface area contributed by atoms with Gasteiger partial charge in [0.15, 0.2) is 11.5 Å². The van der Waals surface area contributed by atoms with Crippen LogP contribution < -0.4 is 14.8 Å². The lowest BCUT2D eigenvalue weighted by molar-refractivity contribution is 0.132. The number of likely N-dealkylation sites (N-methyl/N-ethyl adjacent to an activating group) is 1. The summed E-state index contributed by atoms with van der Waals surface area (Å²) < 4.78 is 11.8. The number of nitrogens with one attached hydrogen (secondary N) is 1. The quantitative estimate of drug-likeness (QED) is 0.773. The summed E-state index contributed by atoms with van der Waals surface area (Å²) in [5, 5.41) is 3.36. The van der Waals surface area contributed by atoms with Crippen molar-refractivity contribution in [3.05, 3.63) is 23.8 Å². The Kier molecular flexibility index (Phi) is 4.89. The number of hydrogen-bond acceptors (Lipinski definition) is 4. The normalized spacial score (nSPS) is 16.1. The third-order valence-electron chi connectivity index (χ3n) is 3.33. The number of hydrogen-bond donors (Lipinski definition) is 1. The van der Waals surface area contributed by atoms with Crippen molar-refractivity contribution in [2.75, 3.05) is 40.3 Å². The molecule has 0 saturated heterocycles. The Labute approximate surface area is 122 Å². The predicted octanol–water partition coefficient (Wildman–Crippen LogP) is 1.93. The molecule has 1 aromatic carbocycles.